The number of carboxylic acid groups (broad SMARTS) is 1. The van der Waals surface area contributed by atoms with Crippen LogP contribution in [0.5, 0.6) is 0 Å². The van der Waals surface area contributed by atoms with E-state index < -0.39 is 51.1 Å². The second kappa shape index (κ2) is 39.1. The summed E-state index contributed by atoms with van der Waals surface area (Å²) in [5.74, 6) is -2.38. The molecule has 0 aliphatic carbocycles. The average Bonchev–Trinajstić information content (AvgIpc) is 3.16. The average molecular weight is 804 g/mol. The van der Waals surface area contributed by atoms with Crippen molar-refractivity contribution in [3.05, 3.63) is 12.2 Å². The molecule has 0 amide bonds. The van der Waals surface area contributed by atoms with Gasteiger partial charge in [0.2, 0.25) is 0 Å². The normalized spacial score (nSPS) is 13.8. The molecule has 0 aliphatic heterocycles. The first-order chi connectivity index (χ1) is 26.6. The molecule has 3 atom stereocenters. The van der Waals surface area contributed by atoms with E-state index in [9.17, 15) is 23.8 Å². The first-order valence-electron chi connectivity index (χ1n) is 22.2. The van der Waals surface area contributed by atoms with Gasteiger partial charge >= 0.3 is 25.7 Å². The third-order valence-corrected chi connectivity index (χ3v) is 10.7. The van der Waals surface area contributed by atoms with E-state index >= 15 is 0 Å². The molecule has 0 rings (SSSR count). The number of carbonyl (C=O) groups is 3. The number of rotatable bonds is 42. The number of hydrogen-bond donors (Lipinski definition) is 3. The number of carboxylic acids is 1. The molecule has 0 spiro atoms. The van der Waals surface area contributed by atoms with Crippen LogP contribution >= 0.6 is 7.82 Å². The van der Waals surface area contributed by atoms with Gasteiger partial charge in [-0.2, -0.15) is 0 Å². The van der Waals surface area contributed by atoms with Crippen LogP contribution in [0.1, 0.15) is 213 Å². The second-order valence-corrected chi connectivity index (χ2v) is 16.6. The third kappa shape index (κ3) is 38.9. The second-order valence-electron chi connectivity index (χ2n) is 15.2. The molecule has 0 bridgehead atoms. The fourth-order valence-corrected chi connectivity index (χ4v) is 7.00. The highest BCUT2D eigenvalue weighted by molar-refractivity contribution is 7.47. The van der Waals surface area contributed by atoms with E-state index in [1.54, 1.807) is 0 Å². The Kier molecular flexibility index (Phi) is 37.8. The van der Waals surface area contributed by atoms with Gasteiger partial charge in [0.15, 0.2) is 6.10 Å². The maximum atomic E-state index is 12.6. The standard InChI is InChI=1S/C43H82NO10P/c1-3-5-7-9-11-13-15-16-17-18-19-20-21-22-23-25-26-28-30-32-34-41(45)51-36-39(37-52-55(49,50)53-38-40(44)43(47)48)54-42(46)35-33-31-29-27-24-14-12-10-8-6-4-2/h10,12,39-40H,3-9,11,13-38,44H2,1-2H3,(H,47,48)(H,49,50)/b12-10+/t39-,40+/m0/s1. The summed E-state index contributed by atoms with van der Waals surface area (Å²) in [6.07, 6.45) is 38.6. The molecule has 0 heterocycles. The van der Waals surface area contributed by atoms with Crippen LogP contribution < -0.4 is 5.73 Å². The number of phosphoric ester groups is 1. The molecular weight excluding hydrogens is 721 g/mol. The van der Waals surface area contributed by atoms with E-state index in [2.05, 4.69) is 30.5 Å². The highest BCUT2D eigenvalue weighted by Crippen LogP contribution is 2.43. The van der Waals surface area contributed by atoms with Gasteiger partial charge in [0.05, 0.1) is 13.2 Å². The van der Waals surface area contributed by atoms with Crippen molar-refractivity contribution in [3.63, 3.8) is 0 Å². The van der Waals surface area contributed by atoms with Gasteiger partial charge in [0, 0.05) is 12.8 Å². The van der Waals surface area contributed by atoms with Gasteiger partial charge in [0.25, 0.3) is 0 Å². The summed E-state index contributed by atoms with van der Waals surface area (Å²) in [6, 6.07) is -1.52. The van der Waals surface area contributed by atoms with E-state index in [-0.39, 0.29) is 19.4 Å². The highest BCUT2D eigenvalue weighted by Gasteiger charge is 2.28. The minimum atomic E-state index is -4.71. The third-order valence-electron chi connectivity index (χ3n) is 9.76. The number of hydrogen-bond acceptors (Lipinski definition) is 9. The molecule has 55 heavy (non-hydrogen) atoms. The molecule has 0 radical (unpaired) electrons. The lowest BCUT2D eigenvalue weighted by Crippen LogP contribution is -2.34. The van der Waals surface area contributed by atoms with E-state index in [4.69, 9.17) is 24.8 Å². The largest absolute Gasteiger partial charge is 0.480 e. The van der Waals surface area contributed by atoms with Crippen molar-refractivity contribution in [2.75, 3.05) is 19.8 Å². The maximum Gasteiger partial charge on any atom is 0.472 e. The topological polar surface area (TPSA) is 172 Å². The van der Waals surface area contributed by atoms with Crippen molar-refractivity contribution < 1.29 is 47.5 Å². The molecule has 12 heteroatoms. The first kappa shape index (κ1) is 53.2. The fourth-order valence-electron chi connectivity index (χ4n) is 6.22. The lowest BCUT2D eigenvalue weighted by molar-refractivity contribution is -0.161. The van der Waals surface area contributed by atoms with Crippen molar-refractivity contribution in [3.8, 4) is 0 Å². The van der Waals surface area contributed by atoms with Crippen molar-refractivity contribution in [2.24, 2.45) is 5.73 Å². The summed E-state index contributed by atoms with van der Waals surface area (Å²) in [6.45, 7) is 2.77. The van der Waals surface area contributed by atoms with Crippen LogP contribution in [0.3, 0.4) is 0 Å². The minimum Gasteiger partial charge on any atom is -0.480 e. The van der Waals surface area contributed by atoms with Crippen LogP contribution in [-0.2, 0) is 37.5 Å². The number of esters is 2. The van der Waals surface area contributed by atoms with E-state index in [0.717, 1.165) is 57.8 Å². The Morgan fingerprint density at radius 3 is 1.38 bits per heavy atom. The van der Waals surface area contributed by atoms with Gasteiger partial charge in [-0.1, -0.05) is 180 Å². The molecule has 0 saturated heterocycles. The summed E-state index contributed by atoms with van der Waals surface area (Å²) in [4.78, 5) is 45.9. The summed E-state index contributed by atoms with van der Waals surface area (Å²) >= 11 is 0. The highest BCUT2D eigenvalue weighted by atomic mass is 31.2. The lowest BCUT2D eigenvalue weighted by Gasteiger charge is -2.20. The van der Waals surface area contributed by atoms with E-state index in [1.807, 2.05) is 0 Å². The Balaban J connectivity index is 4.23. The van der Waals surface area contributed by atoms with Crippen LogP contribution in [0.25, 0.3) is 0 Å². The van der Waals surface area contributed by atoms with Gasteiger partial charge in [-0.05, 0) is 32.1 Å². The van der Waals surface area contributed by atoms with Gasteiger partial charge in [0.1, 0.15) is 12.6 Å². The fraction of sp³-hybridized carbons (Fsp3) is 0.884. The molecule has 0 fully saturated rings. The zero-order valence-electron chi connectivity index (χ0n) is 35.0. The zero-order chi connectivity index (χ0) is 40.7. The molecule has 0 aromatic carbocycles. The number of aliphatic carboxylic acids is 1. The van der Waals surface area contributed by atoms with Crippen LogP contribution in [0.15, 0.2) is 12.2 Å². The van der Waals surface area contributed by atoms with E-state index in [0.29, 0.717) is 12.8 Å². The number of unbranched alkanes of at least 4 members (excludes halogenated alkanes) is 26. The van der Waals surface area contributed by atoms with Crippen LogP contribution in [-0.4, -0.2) is 59.9 Å². The quantitative estimate of drug-likeness (QED) is 0.0232. The Morgan fingerprint density at radius 2 is 0.927 bits per heavy atom. The number of phosphoric acid groups is 1. The smallest absolute Gasteiger partial charge is 0.472 e. The summed E-state index contributed by atoms with van der Waals surface area (Å²) < 4.78 is 32.6. The van der Waals surface area contributed by atoms with Gasteiger partial charge < -0.3 is 25.2 Å². The summed E-state index contributed by atoms with van der Waals surface area (Å²) in [7, 11) is -4.71. The molecule has 324 valence electrons. The number of nitrogens with two attached hydrogens (primary N) is 1. The maximum absolute atomic E-state index is 12.6. The first-order valence-corrected chi connectivity index (χ1v) is 23.7. The van der Waals surface area contributed by atoms with Crippen molar-refractivity contribution in [1.29, 1.82) is 0 Å². The Morgan fingerprint density at radius 1 is 0.545 bits per heavy atom. The van der Waals surface area contributed by atoms with Crippen LogP contribution in [0.2, 0.25) is 0 Å². The summed E-state index contributed by atoms with van der Waals surface area (Å²) in [5.41, 5.74) is 5.33. The SMILES string of the molecule is CCCC/C=C/CCCCCCCC(=O)O[C@@H](COC(=O)CCCCCCCCCCCCCCCCCCCCCC)COP(=O)(O)OC[C@@H](N)C(=O)O. The lowest BCUT2D eigenvalue weighted by atomic mass is 10.0. The molecule has 4 N–H and O–H groups in total. The summed E-state index contributed by atoms with van der Waals surface area (Å²) in [5, 5.41) is 8.88. The molecule has 0 aromatic rings. The minimum absolute atomic E-state index is 0.154. The monoisotopic (exact) mass is 804 g/mol. The Labute approximate surface area is 335 Å². The van der Waals surface area contributed by atoms with Crippen molar-refractivity contribution in [2.45, 2.75) is 225 Å². The molecule has 1 unspecified atom stereocenters. The Hall–Kier alpha value is -1.78. The molecule has 11 nitrogen and oxygen atoms in total. The molecule has 0 saturated carbocycles. The number of allylic oxidation sites excluding steroid dienone is 2. The van der Waals surface area contributed by atoms with Gasteiger partial charge in [-0.25, -0.2) is 4.57 Å². The van der Waals surface area contributed by atoms with E-state index in [1.165, 1.54) is 116 Å². The molecule has 0 aliphatic rings. The predicted molar refractivity (Wildman–Crippen MR) is 222 cm³/mol. The molecule has 0 aromatic heterocycles. The van der Waals surface area contributed by atoms with Gasteiger partial charge in [-0.3, -0.25) is 23.4 Å². The number of carbonyl (C=O) groups excluding carboxylic acids is 2. The van der Waals surface area contributed by atoms with Crippen LogP contribution in [0.4, 0.5) is 0 Å². The number of ether oxygens (including phenoxy) is 2. The van der Waals surface area contributed by atoms with Crippen molar-refractivity contribution >= 4 is 25.7 Å². The zero-order valence-corrected chi connectivity index (χ0v) is 35.9. The van der Waals surface area contributed by atoms with Crippen LogP contribution in [0, 0.1) is 0 Å². The Bertz CT molecular complexity index is 995. The van der Waals surface area contributed by atoms with Crippen molar-refractivity contribution in [1.82, 2.24) is 0 Å². The molecular formula is C43H82NO10P. The predicted octanol–water partition coefficient (Wildman–Crippen LogP) is 11.7. The van der Waals surface area contributed by atoms with Gasteiger partial charge in [-0.15, -0.1) is 0 Å².